The van der Waals surface area contributed by atoms with Crippen LogP contribution in [-0.2, 0) is 14.6 Å². The molecule has 2 heterocycles. The number of benzene rings is 2. The zero-order chi connectivity index (χ0) is 25.0. The number of thiophene rings is 1. The van der Waals surface area contributed by atoms with Crippen LogP contribution < -0.4 is 11.1 Å². The summed E-state index contributed by atoms with van der Waals surface area (Å²) >= 11 is 2.58. The maximum atomic E-state index is 14.0. The van der Waals surface area contributed by atoms with Crippen molar-refractivity contribution >= 4 is 44.5 Å². The fraction of sp³-hybridized carbons (Fsp3) is 0.320. The lowest BCUT2D eigenvalue weighted by molar-refractivity contribution is 0.0398. The van der Waals surface area contributed by atoms with Gasteiger partial charge < -0.3 is 15.8 Å². The van der Waals surface area contributed by atoms with Crippen molar-refractivity contribution in [2.75, 3.05) is 51.0 Å². The number of nitrogens with one attached hydrogen (secondary N) is 2. The van der Waals surface area contributed by atoms with E-state index in [1.54, 1.807) is 6.07 Å². The van der Waals surface area contributed by atoms with Crippen molar-refractivity contribution in [1.82, 2.24) is 4.90 Å². The molecular formula is C25H30N4O3S3. The number of nitrogens with two attached hydrogens (primary N) is 1. The van der Waals surface area contributed by atoms with E-state index in [2.05, 4.69) is 10.2 Å². The van der Waals surface area contributed by atoms with E-state index in [9.17, 15) is 8.42 Å². The van der Waals surface area contributed by atoms with Crippen LogP contribution in [0.5, 0.6) is 0 Å². The highest BCUT2D eigenvalue weighted by atomic mass is 32.2. The number of hydrogen-bond donors (Lipinski definition) is 3. The molecule has 0 amide bonds. The molecule has 1 aromatic heterocycles. The number of morpholine rings is 1. The molecule has 0 unspecified atom stereocenters. The Morgan fingerprint density at radius 3 is 2.60 bits per heavy atom. The second kappa shape index (κ2) is 11.1. The number of sulfone groups is 1. The average Bonchev–Trinajstić information content (AvgIpc) is 3.31. The first-order valence-electron chi connectivity index (χ1n) is 11.3. The number of nitrogen functional groups attached to an aromatic ring is 1. The predicted octanol–water partition coefficient (Wildman–Crippen LogP) is 4.31. The number of ether oxygens (including phenoxy) is 1. The largest absolute Gasteiger partial charge is 0.383 e. The Labute approximate surface area is 215 Å². The highest BCUT2D eigenvalue weighted by Gasteiger charge is 2.28. The van der Waals surface area contributed by atoms with Gasteiger partial charge in [0.2, 0.25) is 9.84 Å². The van der Waals surface area contributed by atoms with Crippen molar-refractivity contribution in [1.29, 1.82) is 5.41 Å². The van der Waals surface area contributed by atoms with Crippen LogP contribution in [-0.4, -0.2) is 64.8 Å². The van der Waals surface area contributed by atoms with Gasteiger partial charge in [-0.25, -0.2) is 8.42 Å². The van der Waals surface area contributed by atoms with E-state index in [0.29, 0.717) is 21.3 Å². The first-order valence-corrected chi connectivity index (χ1v) is 14.8. The Hall–Kier alpha value is -2.37. The summed E-state index contributed by atoms with van der Waals surface area (Å²) in [6.07, 6.45) is 1.83. The molecule has 4 rings (SSSR count). The molecule has 35 heavy (non-hydrogen) atoms. The van der Waals surface area contributed by atoms with Gasteiger partial charge in [-0.2, -0.15) is 0 Å². The Morgan fingerprint density at radius 1 is 1.17 bits per heavy atom. The highest BCUT2D eigenvalue weighted by Crippen LogP contribution is 2.40. The van der Waals surface area contributed by atoms with E-state index < -0.39 is 9.84 Å². The van der Waals surface area contributed by atoms with Gasteiger partial charge in [0.15, 0.2) is 0 Å². The molecule has 0 bridgehead atoms. The fourth-order valence-corrected chi connectivity index (χ4v) is 8.12. The number of rotatable bonds is 9. The van der Waals surface area contributed by atoms with Gasteiger partial charge in [0.1, 0.15) is 5.84 Å². The molecule has 3 aromatic rings. The monoisotopic (exact) mass is 530 g/mol. The Bertz CT molecular complexity index is 1320. The molecule has 0 radical (unpaired) electrons. The van der Waals surface area contributed by atoms with Gasteiger partial charge in [-0.1, -0.05) is 30.3 Å². The Balaban J connectivity index is 1.75. The van der Waals surface area contributed by atoms with Gasteiger partial charge >= 0.3 is 0 Å². The van der Waals surface area contributed by atoms with Gasteiger partial charge in [-0.05, 0) is 48.1 Å². The number of amidine groups is 1. The molecule has 0 aliphatic carbocycles. The number of aryl methyl sites for hydroxylation is 1. The van der Waals surface area contributed by atoms with Crippen molar-refractivity contribution < 1.29 is 13.2 Å². The van der Waals surface area contributed by atoms with Gasteiger partial charge in [0.05, 0.1) is 37.8 Å². The summed E-state index contributed by atoms with van der Waals surface area (Å²) in [5.74, 6) is -0.135. The normalized spacial score (nSPS) is 14.7. The quantitative estimate of drug-likeness (QED) is 0.215. The van der Waals surface area contributed by atoms with Crippen molar-refractivity contribution in [2.24, 2.45) is 5.73 Å². The minimum absolute atomic E-state index is 0.135. The fourth-order valence-electron chi connectivity index (χ4n) is 4.07. The minimum Gasteiger partial charge on any atom is -0.383 e. The van der Waals surface area contributed by atoms with Crippen LogP contribution >= 0.6 is 23.1 Å². The molecule has 1 saturated heterocycles. The molecular weight excluding hydrogens is 501 g/mol. The minimum atomic E-state index is -3.88. The topological polar surface area (TPSA) is 109 Å². The molecule has 10 heteroatoms. The number of thioether (sulfide) groups is 1. The summed E-state index contributed by atoms with van der Waals surface area (Å²) in [4.78, 5) is 3.17. The second-order valence-corrected chi connectivity index (χ2v) is 12.3. The maximum Gasteiger partial charge on any atom is 0.210 e. The first kappa shape index (κ1) is 25.7. The van der Waals surface area contributed by atoms with E-state index in [1.165, 1.54) is 29.2 Å². The van der Waals surface area contributed by atoms with E-state index in [-0.39, 0.29) is 15.6 Å². The van der Waals surface area contributed by atoms with Gasteiger partial charge in [-0.3, -0.25) is 10.3 Å². The standard InChI is InChI=1S/C25H30N4O3S3/c1-17-5-3-4-6-19(17)18-7-8-20(28-9-10-29-11-13-32-14-12-29)22(15-18)35(30,31)23-16-21(24(26)27)34-25(23)33-2/h3-8,15-16,28H,9-14H2,1-2H3,(H3,26,27). The number of hydrogen-bond acceptors (Lipinski definition) is 8. The van der Waals surface area contributed by atoms with E-state index in [1.807, 2.05) is 49.6 Å². The zero-order valence-electron chi connectivity index (χ0n) is 19.8. The van der Waals surface area contributed by atoms with Crippen LogP contribution in [0.4, 0.5) is 5.69 Å². The van der Waals surface area contributed by atoms with Crippen LogP contribution in [0.2, 0.25) is 0 Å². The van der Waals surface area contributed by atoms with Crippen molar-refractivity contribution in [2.45, 2.75) is 20.9 Å². The summed E-state index contributed by atoms with van der Waals surface area (Å²) in [6, 6.07) is 15.0. The molecule has 186 valence electrons. The van der Waals surface area contributed by atoms with Crippen molar-refractivity contribution in [3.05, 3.63) is 59.0 Å². The molecule has 1 aliphatic rings. The van der Waals surface area contributed by atoms with E-state index >= 15 is 0 Å². The average molecular weight is 531 g/mol. The SMILES string of the molecule is CSc1sc(C(=N)N)cc1S(=O)(=O)c1cc(-c2ccccc2C)ccc1NCCN1CCOCC1. The van der Waals surface area contributed by atoms with Crippen LogP contribution in [0, 0.1) is 12.3 Å². The summed E-state index contributed by atoms with van der Waals surface area (Å²) < 4.78 is 34.1. The lowest BCUT2D eigenvalue weighted by atomic mass is 10.0. The lowest BCUT2D eigenvalue weighted by Crippen LogP contribution is -2.39. The van der Waals surface area contributed by atoms with Crippen LogP contribution in [0.3, 0.4) is 0 Å². The van der Waals surface area contributed by atoms with Gasteiger partial charge in [0, 0.05) is 26.2 Å². The predicted molar refractivity (Wildman–Crippen MR) is 145 cm³/mol. The van der Waals surface area contributed by atoms with Gasteiger partial charge in [-0.15, -0.1) is 23.1 Å². The zero-order valence-corrected chi connectivity index (χ0v) is 22.3. The van der Waals surface area contributed by atoms with Gasteiger partial charge in [0.25, 0.3) is 0 Å². The maximum absolute atomic E-state index is 14.0. The molecule has 0 spiro atoms. The molecule has 0 atom stereocenters. The smallest absolute Gasteiger partial charge is 0.210 e. The summed E-state index contributed by atoms with van der Waals surface area (Å²) in [5.41, 5.74) is 9.15. The highest BCUT2D eigenvalue weighted by molar-refractivity contribution is 8.01. The summed E-state index contributed by atoms with van der Waals surface area (Å²) in [6.45, 7) is 6.62. The molecule has 4 N–H and O–H groups in total. The summed E-state index contributed by atoms with van der Waals surface area (Å²) in [7, 11) is -3.88. The molecule has 1 fully saturated rings. The van der Waals surface area contributed by atoms with Crippen molar-refractivity contribution in [3.8, 4) is 11.1 Å². The van der Waals surface area contributed by atoms with Crippen LogP contribution in [0.1, 0.15) is 10.4 Å². The second-order valence-electron chi connectivity index (χ2n) is 8.29. The number of anilines is 1. The van der Waals surface area contributed by atoms with Crippen molar-refractivity contribution in [3.63, 3.8) is 0 Å². The third kappa shape index (κ3) is 5.73. The van der Waals surface area contributed by atoms with E-state index in [4.69, 9.17) is 15.9 Å². The molecule has 0 saturated carbocycles. The number of nitrogens with zero attached hydrogens (tertiary/aromatic N) is 1. The third-order valence-corrected chi connectivity index (χ3v) is 10.4. The Kier molecular flexibility index (Phi) is 8.18. The third-order valence-electron chi connectivity index (χ3n) is 5.98. The first-order chi connectivity index (χ1) is 16.8. The van der Waals surface area contributed by atoms with Crippen LogP contribution in [0.25, 0.3) is 11.1 Å². The van der Waals surface area contributed by atoms with Crippen LogP contribution in [0.15, 0.2) is 62.5 Å². The summed E-state index contributed by atoms with van der Waals surface area (Å²) in [5, 5.41) is 11.2. The Morgan fingerprint density at radius 2 is 1.91 bits per heavy atom. The lowest BCUT2D eigenvalue weighted by Gasteiger charge is -2.26. The molecule has 7 nitrogen and oxygen atoms in total. The van der Waals surface area contributed by atoms with E-state index in [0.717, 1.165) is 49.5 Å². The molecule has 1 aliphatic heterocycles. The molecule has 2 aromatic carbocycles.